The van der Waals surface area contributed by atoms with Crippen molar-refractivity contribution in [2.24, 2.45) is 0 Å². The van der Waals surface area contributed by atoms with Crippen LogP contribution in [-0.4, -0.2) is 40.7 Å². The molecule has 2 N–H and O–H groups in total. The summed E-state index contributed by atoms with van der Waals surface area (Å²) in [5, 5.41) is 6.70. The number of rotatable bonds is 7. The summed E-state index contributed by atoms with van der Waals surface area (Å²) in [6, 6.07) is 0. The number of anilines is 2. The minimum Gasteiger partial charge on any atom is -0.490 e. The molecule has 0 spiro atoms. The second-order valence-corrected chi connectivity index (χ2v) is 6.97. The topological polar surface area (TPSA) is 59.1 Å². The Labute approximate surface area is 125 Å². The van der Waals surface area contributed by atoms with E-state index in [0.29, 0.717) is 10.5 Å². The van der Waals surface area contributed by atoms with Gasteiger partial charge in [0.25, 0.3) is 0 Å². The van der Waals surface area contributed by atoms with Gasteiger partial charge < -0.3 is 15.4 Å². The number of methoxy groups -OCH3 is 1. The molecule has 1 unspecified atom stereocenters. The highest BCUT2D eigenvalue weighted by atomic mass is 32.2. The third-order valence-electron chi connectivity index (χ3n) is 3.48. The van der Waals surface area contributed by atoms with Gasteiger partial charge in [0.2, 0.25) is 5.75 Å². The molecule has 1 aliphatic heterocycles. The molecule has 20 heavy (non-hydrogen) atoms. The molecular formula is C14H24N4OS. The van der Waals surface area contributed by atoms with Crippen LogP contribution in [0.1, 0.15) is 33.1 Å². The van der Waals surface area contributed by atoms with Crippen LogP contribution in [-0.2, 0) is 0 Å². The van der Waals surface area contributed by atoms with E-state index in [9.17, 15) is 0 Å². The van der Waals surface area contributed by atoms with E-state index < -0.39 is 0 Å². The van der Waals surface area contributed by atoms with Crippen molar-refractivity contribution in [3.05, 3.63) is 6.33 Å². The van der Waals surface area contributed by atoms with Crippen LogP contribution in [0.4, 0.5) is 11.6 Å². The van der Waals surface area contributed by atoms with Crippen LogP contribution in [0, 0.1) is 0 Å². The molecule has 5 nitrogen and oxygen atoms in total. The Morgan fingerprint density at radius 3 is 2.70 bits per heavy atom. The van der Waals surface area contributed by atoms with Gasteiger partial charge in [0.05, 0.1) is 7.11 Å². The lowest BCUT2D eigenvalue weighted by Crippen LogP contribution is -2.27. The summed E-state index contributed by atoms with van der Waals surface area (Å²) in [7, 11) is 1.66. The summed E-state index contributed by atoms with van der Waals surface area (Å²) in [5.74, 6) is 3.49. The summed E-state index contributed by atoms with van der Waals surface area (Å²) in [6.07, 6.45) is 5.17. The summed E-state index contributed by atoms with van der Waals surface area (Å²) in [4.78, 5) is 8.57. The van der Waals surface area contributed by atoms with Crippen LogP contribution >= 0.6 is 11.8 Å². The Hall–Kier alpha value is -1.17. The Morgan fingerprint density at radius 2 is 2.10 bits per heavy atom. The normalized spacial score (nSPS) is 21.8. The first-order valence-corrected chi connectivity index (χ1v) is 8.18. The molecule has 112 valence electrons. The van der Waals surface area contributed by atoms with E-state index in [1.807, 2.05) is 11.8 Å². The number of hydrogen-bond donors (Lipinski definition) is 2. The molecule has 1 fully saturated rings. The predicted molar refractivity (Wildman–Crippen MR) is 86.0 cm³/mol. The van der Waals surface area contributed by atoms with Gasteiger partial charge in [0, 0.05) is 17.8 Å². The second kappa shape index (κ2) is 7.02. The average Bonchev–Trinajstić information content (AvgIpc) is 2.90. The van der Waals surface area contributed by atoms with E-state index in [0.717, 1.165) is 31.1 Å². The van der Waals surface area contributed by atoms with Gasteiger partial charge in [-0.25, -0.2) is 9.97 Å². The van der Waals surface area contributed by atoms with Crippen molar-refractivity contribution in [1.29, 1.82) is 0 Å². The van der Waals surface area contributed by atoms with Gasteiger partial charge in [-0.1, -0.05) is 6.92 Å². The third-order valence-corrected chi connectivity index (χ3v) is 5.02. The van der Waals surface area contributed by atoms with Crippen LogP contribution in [0.5, 0.6) is 5.75 Å². The van der Waals surface area contributed by atoms with E-state index in [-0.39, 0.29) is 0 Å². The van der Waals surface area contributed by atoms with E-state index in [2.05, 4.69) is 34.4 Å². The number of ether oxygens (including phenoxy) is 1. The van der Waals surface area contributed by atoms with Gasteiger partial charge in [-0.05, 0) is 31.9 Å². The van der Waals surface area contributed by atoms with Crippen LogP contribution in [0.3, 0.4) is 0 Å². The molecule has 1 aliphatic rings. The molecule has 1 saturated heterocycles. The lowest BCUT2D eigenvalue weighted by Gasteiger charge is -2.24. The summed E-state index contributed by atoms with van der Waals surface area (Å²) in [5.41, 5.74) is 0. The van der Waals surface area contributed by atoms with Crippen molar-refractivity contribution in [1.82, 2.24) is 9.97 Å². The highest BCUT2D eigenvalue weighted by molar-refractivity contribution is 8.00. The monoisotopic (exact) mass is 296 g/mol. The molecule has 0 bridgehead atoms. The first kappa shape index (κ1) is 15.2. The molecule has 0 saturated carbocycles. The molecule has 1 aromatic rings. The smallest absolute Gasteiger partial charge is 0.204 e. The highest BCUT2D eigenvalue weighted by Gasteiger charge is 2.29. The van der Waals surface area contributed by atoms with Gasteiger partial charge in [0.1, 0.15) is 6.33 Å². The molecule has 6 heteroatoms. The third kappa shape index (κ3) is 3.69. The Balaban J connectivity index is 2.06. The molecule has 1 aromatic heterocycles. The maximum atomic E-state index is 5.46. The SMILES string of the molecule is CCCNc1ncnc(NCC2(C)CCCS2)c1OC. The Bertz CT molecular complexity index is 435. The van der Waals surface area contributed by atoms with Crippen molar-refractivity contribution < 1.29 is 4.74 Å². The fraction of sp³-hybridized carbons (Fsp3) is 0.714. The standard InChI is InChI=1S/C14H24N4OS/c1-4-7-15-12-11(19-3)13(18-10-17-12)16-9-14(2)6-5-8-20-14/h10H,4-9H2,1-3H3,(H2,15,16,17,18). The Morgan fingerprint density at radius 1 is 1.35 bits per heavy atom. The van der Waals surface area contributed by atoms with Crippen molar-refractivity contribution in [3.63, 3.8) is 0 Å². The molecule has 1 atom stereocenters. The highest BCUT2D eigenvalue weighted by Crippen LogP contribution is 2.38. The molecule has 0 radical (unpaired) electrons. The summed E-state index contributed by atoms with van der Waals surface area (Å²) >= 11 is 2.03. The van der Waals surface area contributed by atoms with Crippen LogP contribution < -0.4 is 15.4 Å². The average molecular weight is 296 g/mol. The molecular weight excluding hydrogens is 272 g/mol. The minimum atomic E-state index is 0.299. The quantitative estimate of drug-likeness (QED) is 0.806. The first-order valence-electron chi connectivity index (χ1n) is 7.19. The molecule has 0 aliphatic carbocycles. The lowest BCUT2D eigenvalue weighted by atomic mass is 10.1. The van der Waals surface area contributed by atoms with Crippen LogP contribution in [0.25, 0.3) is 0 Å². The lowest BCUT2D eigenvalue weighted by molar-refractivity contribution is 0.414. The number of aromatic nitrogens is 2. The van der Waals surface area contributed by atoms with E-state index >= 15 is 0 Å². The second-order valence-electron chi connectivity index (χ2n) is 5.29. The largest absolute Gasteiger partial charge is 0.490 e. The fourth-order valence-corrected chi connectivity index (χ4v) is 3.55. The number of nitrogens with zero attached hydrogens (tertiary/aromatic N) is 2. The fourth-order valence-electron chi connectivity index (χ4n) is 2.31. The maximum Gasteiger partial charge on any atom is 0.204 e. The van der Waals surface area contributed by atoms with Gasteiger partial charge in [-0.2, -0.15) is 11.8 Å². The van der Waals surface area contributed by atoms with Gasteiger partial charge in [0.15, 0.2) is 11.6 Å². The van der Waals surface area contributed by atoms with Crippen molar-refractivity contribution in [3.8, 4) is 5.75 Å². The van der Waals surface area contributed by atoms with Crippen LogP contribution in [0.15, 0.2) is 6.33 Å². The van der Waals surface area contributed by atoms with Crippen molar-refractivity contribution in [2.45, 2.75) is 37.9 Å². The van der Waals surface area contributed by atoms with Crippen molar-refractivity contribution in [2.75, 3.05) is 36.6 Å². The van der Waals surface area contributed by atoms with E-state index in [1.54, 1.807) is 13.4 Å². The zero-order chi connectivity index (χ0) is 14.4. The van der Waals surface area contributed by atoms with Gasteiger partial charge >= 0.3 is 0 Å². The zero-order valence-corrected chi connectivity index (χ0v) is 13.3. The summed E-state index contributed by atoms with van der Waals surface area (Å²) < 4.78 is 5.76. The van der Waals surface area contributed by atoms with E-state index in [4.69, 9.17) is 4.74 Å². The van der Waals surface area contributed by atoms with Crippen LogP contribution in [0.2, 0.25) is 0 Å². The minimum absolute atomic E-state index is 0.299. The van der Waals surface area contributed by atoms with Gasteiger partial charge in [-0.3, -0.25) is 0 Å². The van der Waals surface area contributed by atoms with E-state index in [1.165, 1.54) is 18.6 Å². The maximum absolute atomic E-state index is 5.46. The number of thioether (sulfide) groups is 1. The summed E-state index contributed by atoms with van der Waals surface area (Å²) in [6.45, 7) is 6.21. The molecule has 2 rings (SSSR count). The predicted octanol–water partition coefficient (Wildman–Crippen LogP) is 3.00. The molecule has 2 heterocycles. The molecule has 0 aromatic carbocycles. The molecule has 0 amide bonds. The zero-order valence-electron chi connectivity index (χ0n) is 12.5. The first-order chi connectivity index (χ1) is 9.68. The van der Waals surface area contributed by atoms with Gasteiger partial charge in [-0.15, -0.1) is 0 Å². The number of hydrogen-bond acceptors (Lipinski definition) is 6. The van der Waals surface area contributed by atoms with Crippen molar-refractivity contribution >= 4 is 23.4 Å². The number of nitrogens with one attached hydrogen (secondary N) is 2. The Kier molecular flexibility index (Phi) is 5.34.